The highest BCUT2D eigenvalue weighted by Crippen LogP contribution is 2.18. The SMILES string of the molecule is CC=CC(=O)c1cc(-c2ccccc2)no1. The van der Waals surface area contributed by atoms with Crippen molar-refractivity contribution in [3.63, 3.8) is 0 Å². The zero-order valence-corrected chi connectivity index (χ0v) is 8.88. The molecule has 2 rings (SSSR count). The van der Waals surface area contributed by atoms with E-state index in [2.05, 4.69) is 5.16 Å². The summed E-state index contributed by atoms with van der Waals surface area (Å²) in [6, 6.07) is 11.2. The molecular formula is C13H11NO2. The molecule has 0 radical (unpaired) electrons. The fraction of sp³-hybridized carbons (Fsp3) is 0.0769. The molecule has 80 valence electrons. The Balaban J connectivity index is 2.30. The van der Waals surface area contributed by atoms with Crippen LogP contribution in [0.25, 0.3) is 11.3 Å². The van der Waals surface area contributed by atoms with E-state index in [4.69, 9.17) is 4.52 Å². The number of benzene rings is 1. The van der Waals surface area contributed by atoms with Gasteiger partial charge in [-0.05, 0) is 13.0 Å². The lowest BCUT2D eigenvalue weighted by molar-refractivity contribution is 0.101. The average Bonchev–Trinajstić information content (AvgIpc) is 2.80. The van der Waals surface area contributed by atoms with Crippen LogP contribution in [0.1, 0.15) is 17.5 Å². The van der Waals surface area contributed by atoms with Crippen molar-refractivity contribution < 1.29 is 9.32 Å². The summed E-state index contributed by atoms with van der Waals surface area (Å²) >= 11 is 0. The summed E-state index contributed by atoms with van der Waals surface area (Å²) in [5, 5.41) is 3.86. The molecule has 3 heteroatoms. The Hall–Kier alpha value is -2.16. The number of aromatic nitrogens is 1. The molecule has 1 aromatic heterocycles. The Morgan fingerprint density at radius 1 is 1.31 bits per heavy atom. The average molecular weight is 213 g/mol. The van der Waals surface area contributed by atoms with Crippen LogP contribution in [0.4, 0.5) is 0 Å². The molecule has 0 atom stereocenters. The van der Waals surface area contributed by atoms with Crippen molar-refractivity contribution in [2.75, 3.05) is 0 Å². The summed E-state index contributed by atoms with van der Waals surface area (Å²) in [7, 11) is 0. The topological polar surface area (TPSA) is 43.1 Å². The number of hydrogen-bond donors (Lipinski definition) is 0. The Morgan fingerprint density at radius 2 is 2.06 bits per heavy atom. The quantitative estimate of drug-likeness (QED) is 0.581. The van der Waals surface area contributed by atoms with Crippen molar-refractivity contribution in [3.05, 3.63) is 54.3 Å². The normalized spacial score (nSPS) is 10.8. The zero-order valence-electron chi connectivity index (χ0n) is 8.88. The van der Waals surface area contributed by atoms with Crippen molar-refractivity contribution in [3.8, 4) is 11.3 Å². The van der Waals surface area contributed by atoms with E-state index < -0.39 is 0 Å². The van der Waals surface area contributed by atoms with Gasteiger partial charge in [0.05, 0.1) is 0 Å². The molecule has 0 N–H and O–H groups in total. The van der Waals surface area contributed by atoms with Crippen LogP contribution in [-0.2, 0) is 0 Å². The van der Waals surface area contributed by atoms with Crippen LogP contribution in [0.2, 0.25) is 0 Å². The first-order chi connectivity index (χ1) is 7.81. The predicted octanol–water partition coefficient (Wildman–Crippen LogP) is 3.10. The van der Waals surface area contributed by atoms with Crippen molar-refractivity contribution in [1.29, 1.82) is 0 Å². The molecule has 0 fully saturated rings. The first kappa shape index (κ1) is 10.4. The van der Waals surface area contributed by atoms with Crippen LogP contribution in [0.15, 0.2) is 53.1 Å². The van der Waals surface area contributed by atoms with Gasteiger partial charge in [-0.25, -0.2) is 0 Å². The number of allylic oxidation sites excluding steroid dienone is 2. The molecule has 1 heterocycles. The number of nitrogens with zero attached hydrogens (tertiary/aromatic N) is 1. The molecular weight excluding hydrogens is 202 g/mol. The monoisotopic (exact) mass is 213 g/mol. The largest absolute Gasteiger partial charge is 0.352 e. The van der Waals surface area contributed by atoms with Gasteiger partial charge in [-0.3, -0.25) is 4.79 Å². The third kappa shape index (κ3) is 2.08. The van der Waals surface area contributed by atoms with E-state index in [1.54, 1.807) is 19.1 Å². The molecule has 0 amide bonds. The molecule has 0 bridgehead atoms. The molecule has 0 aliphatic rings. The number of ketones is 1. The Kier molecular flexibility index (Phi) is 2.96. The second-order valence-corrected chi connectivity index (χ2v) is 3.31. The van der Waals surface area contributed by atoms with Gasteiger partial charge in [-0.1, -0.05) is 41.6 Å². The maximum atomic E-state index is 11.5. The smallest absolute Gasteiger partial charge is 0.223 e. The zero-order chi connectivity index (χ0) is 11.4. The van der Waals surface area contributed by atoms with Crippen LogP contribution in [0.3, 0.4) is 0 Å². The van der Waals surface area contributed by atoms with E-state index in [1.807, 2.05) is 30.3 Å². The minimum absolute atomic E-state index is 0.169. The van der Waals surface area contributed by atoms with E-state index in [0.29, 0.717) is 5.69 Å². The van der Waals surface area contributed by atoms with E-state index in [9.17, 15) is 4.79 Å². The first-order valence-electron chi connectivity index (χ1n) is 5.00. The Labute approximate surface area is 93.4 Å². The standard InChI is InChI=1S/C13H11NO2/c1-2-6-12(15)13-9-11(14-16-13)10-7-4-3-5-8-10/h2-9H,1H3. The highest BCUT2D eigenvalue weighted by Gasteiger charge is 2.10. The predicted molar refractivity (Wildman–Crippen MR) is 61.1 cm³/mol. The maximum Gasteiger partial charge on any atom is 0.223 e. The number of rotatable bonds is 3. The van der Waals surface area contributed by atoms with Crippen molar-refractivity contribution >= 4 is 5.78 Å². The second-order valence-electron chi connectivity index (χ2n) is 3.31. The van der Waals surface area contributed by atoms with Gasteiger partial charge in [-0.2, -0.15) is 0 Å². The van der Waals surface area contributed by atoms with Crippen LogP contribution in [0.5, 0.6) is 0 Å². The van der Waals surface area contributed by atoms with Gasteiger partial charge < -0.3 is 4.52 Å². The number of hydrogen-bond acceptors (Lipinski definition) is 3. The number of carbonyl (C=O) groups is 1. The molecule has 16 heavy (non-hydrogen) atoms. The summed E-state index contributed by atoms with van der Waals surface area (Å²) < 4.78 is 4.98. The van der Waals surface area contributed by atoms with E-state index >= 15 is 0 Å². The lowest BCUT2D eigenvalue weighted by atomic mass is 10.1. The fourth-order valence-electron chi connectivity index (χ4n) is 1.37. The minimum atomic E-state index is -0.169. The number of carbonyl (C=O) groups excluding carboxylic acids is 1. The van der Waals surface area contributed by atoms with E-state index in [-0.39, 0.29) is 11.5 Å². The molecule has 0 aliphatic carbocycles. The second kappa shape index (κ2) is 4.57. The van der Waals surface area contributed by atoms with Gasteiger partial charge in [0.25, 0.3) is 0 Å². The molecule has 0 saturated heterocycles. The third-order valence-electron chi connectivity index (χ3n) is 2.14. The first-order valence-corrected chi connectivity index (χ1v) is 5.00. The van der Waals surface area contributed by atoms with Gasteiger partial charge in [0.1, 0.15) is 5.69 Å². The highest BCUT2D eigenvalue weighted by molar-refractivity contribution is 6.02. The van der Waals surface area contributed by atoms with Gasteiger partial charge in [0.15, 0.2) is 0 Å². The van der Waals surface area contributed by atoms with Crippen LogP contribution >= 0.6 is 0 Å². The Bertz CT molecular complexity index is 512. The fourth-order valence-corrected chi connectivity index (χ4v) is 1.37. The van der Waals surface area contributed by atoms with E-state index in [0.717, 1.165) is 5.56 Å². The van der Waals surface area contributed by atoms with Crippen LogP contribution < -0.4 is 0 Å². The summed E-state index contributed by atoms with van der Waals surface area (Å²) in [6.45, 7) is 1.78. The van der Waals surface area contributed by atoms with Crippen molar-refractivity contribution in [2.45, 2.75) is 6.92 Å². The molecule has 0 saturated carbocycles. The summed E-state index contributed by atoms with van der Waals surface area (Å²) in [5.74, 6) is 0.0918. The lowest BCUT2D eigenvalue weighted by Gasteiger charge is -1.91. The van der Waals surface area contributed by atoms with Gasteiger partial charge in [-0.15, -0.1) is 0 Å². The van der Waals surface area contributed by atoms with E-state index in [1.165, 1.54) is 6.08 Å². The highest BCUT2D eigenvalue weighted by atomic mass is 16.5. The molecule has 0 spiro atoms. The molecule has 0 unspecified atom stereocenters. The van der Waals surface area contributed by atoms with Crippen molar-refractivity contribution in [1.82, 2.24) is 5.16 Å². The Morgan fingerprint density at radius 3 is 2.75 bits per heavy atom. The van der Waals surface area contributed by atoms with Crippen LogP contribution in [-0.4, -0.2) is 10.9 Å². The molecule has 1 aromatic carbocycles. The van der Waals surface area contributed by atoms with Gasteiger partial charge in [0.2, 0.25) is 11.5 Å². The summed E-state index contributed by atoms with van der Waals surface area (Å²) in [6.07, 6.45) is 3.13. The summed E-state index contributed by atoms with van der Waals surface area (Å²) in [5.41, 5.74) is 1.61. The minimum Gasteiger partial charge on any atom is -0.352 e. The summed E-state index contributed by atoms with van der Waals surface area (Å²) in [4.78, 5) is 11.5. The third-order valence-corrected chi connectivity index (χ3v) is 2.14. The molecule has 2 aromatic rings. The van der Waals surface area contributed by atoms with Crippen molar-refractivity contribution in [2.24, 2.45) is 0 Å². The van der Waals surface area contributed by atoms with Gasteiger partial charge >= 0.3 is 0 Å². The lowest BCUT2D eigenvalue weighted by Crippen LogP contribution is -1.89. The maximum absolute atomic E-state index is 11.5. The molecule has 3 nitrogen and oxygen atoms in total. The van der Waals surface area contributed by atoms with Crippen LogP contribution in [0, 0.1) is 0 Å². The van der Waals surface area contributed by atoms with Gasteiger partial charge in [0, 0.05) is 11.6 Å². The molecule has 0 aliphatic heterocycles.